The number of aromatic nitrogens is 6. The molecule has 1 aliphatic carbocycles. The van der Waals surface area contributed by atoms with E-state index in [0.29, 0.717) is 73.2 Å². The number of hydrogen-bond donors (Lipinski definition) is 3. The van der Waals surface area contributed by atoms with Crippen molar-refractivity contribution in [2.45, 2.75) is 122 Å². The number of ether oxygens (including phenoxy) is 4. The molecule has 3 amide bonds. The number of unbranched alkanes of at least 4 members (excludes halogenated alkanes) is 1. The molecule has 10 rings (SSSR count). The zero-order valence-corrected chi connectivity index (χ0v) is 54.6. The summed E-state index contributed by atoms with van der Waals surface area (Å²) >= 11 is 1.60. The number of rotatable bonds is 25. The molecule has 0 bridgehead atoms. The molecule has 0 radical (unpaired) electrons. The Bertz CT molecular complexity index is 4070. The fourth-order valence-corrected chi connectivity index (χ4v) is 13.4. The molecule has 5 heterocycles. The number of amides is 3. The van der Waals surface area contributed by atoms with Crippen molar-refractivity contribution in [1.29, 1.82) is 0 Å². The zero-order chi connectivity index (χ0) is 64.2. The Labute approximate surface area is 529 Å². The topological polar surface area (TPSA) is 235 Å². The van der Waals surface area contributed by atoms with Gasteiger partial charge in [-0.2, -0.15) is 5.10 Å². The molecule has 1 saturated heterocycles. The summed E-state index contributed by atoms with van der Waals surface area (Å²) in [4.78, 5) is 69.4. The largest absolute Gasteiger partial charge is 0.493 e. The van der Waals surface area contributed by atoms with Gasteiger partial charge in [0.25, 0.3) is 15.9 Å². The van der Waals surface area contributed by atoms with Crippen LogP contribution < -0.4 is 40.0 Å². The first kappa shape index (κ1) is 64.4. The molecule has 4 aromatic heterocycles. The Morgan fingerprint density at radius 3 is 2.24 bits per heavy atom. The van der Waals surface area contributed by atoms with Crippen LogP contribution in [-0.2, 0) is 33.7 Å². The zero-order valence-electron chi connectivity index (χ0n) is 53.0. The molecule has 0 unspecified atom stereocenters. The summed E-state index contributed by atoms with van der Waals surface area (Å²) in [6, 6.07) is 24.0. The summed E-state index contributed by atoms with van der Waals surface area (Å²) in [7, 11) is 2.91. The minimum absolute atomic E-state index is 0.0538. The molecule has 21 nitrogen and oxygen atoms in total. The van der Waals surface area contributed by atoms with E-state index in [1.807, 2.05) is 91.6 Å². The van der Waals surface area contributed by atoms with E-state index in [1.54, 1.807) is 83.8 Å². The number of benzene rings is 4. The molecule has 1 saturated carbocycles. The maximum atomic E-state index is 14.8. The molecular weight excluding hydrogens is 1180 g/mol. The highest BCUT2D eigenvalue weighted by Gasteiger charge is 2.45. The van der Waals surface area contributed by atoms with E-state index in [-0.39, 0.29) is 63.5 Å². The van der Waals surface area contributed by atoms with Gasteiger partial charge in [-0.25, -0.2) is 23.2 Å². The number of hydrogen-bond acceptors (Lipinski definition) is 15. The van der Waals surface area contributed by atoms with E-state index in [2.05, 4.69) is 49.3 Å². The second kappa shape index (κ2) is 27.3. The summed E-state index contributed by atoms with van der Waals surface area (Å²) < 4.78 is 60.9. The van der Waals surface area contributed by atoms with Gasteiger partial charge in [-0.05, 0) is 119 Å². The average molecular weight is 1260 g/mol. The van der Waals surface area contributed by atoms with Gasteiger partial charge in [0, 0.05) is 93.4 Å². The van der Waals surface area contributed by atoms with Crippen molar-refractivity contribution in [1.82, 2.24) is 49.3 Å². The fraction of sp³-hybridized carbons (Fsp3) is 0.418. The van der Waals surface area contributed by atoms with Crippen molar-refractivity contribution in [2.24, 2.45) is 25.4 Å². The van der Waals surface area contributed by atoms with E-state index >= 15 is 0 Å². The first-order valence-corrected chi connectivity index (χ1v) is 32.9. The molecule has 4 atom stereocenters. The van der Waals surface area contributed by atoms with Crippen molar-refractivity contribution >= 4 is 55.8 Å². The number of nitrogens with zero attached hydrogens (tertiary/aromatic N) is 8. The van der Waals surface area contributed by atoms with Gasteiger partial charge in [0.05, 0.1) is 63.2 Å². The molecule has 23 heteroatoms. The Morgan fingerprint density at radius 2 is 1.56 bits per heavy atom. The van der Waals surface area contributed by atoms with Crippen LogP contribution in [0.5, 0.6) is 28.9 Å². The highest BCUT2D eigenvalue weighted by atomic mass is 32.2. The number of nitrogens with one attached hydrogen (secondary N) is 3. The lowest BCUT2D eigenvalue weighted by Gasteiger charge is -2.35. The third-order valence-corrected chi connectivity index (χ3v) is 18.8. The predicted molar refractivity (Wildman–Crippen MR) is 348 cm³/mol. The molecule has 2 fully saturated rings. The van der Waals surface area contributed by atoms with Crippen LogP contribution in [-0.4, -0.2) is 123 Å². The van der Waals surface area contributed by atoms with E-state index in [9.17, 15) is 27.6 Å². The maximum absolute atomic E-state index is 14.8. The van der Waals surface area contributed by atoms with Crippen LogP contribution in [0.1, 0.15) is 114 Å². The van der Waals surface area contributed by atoms with Crippen molar-refractivity contribution in [3.8, 4) is 50.4 Å². The minimum Gasteiger partial charge on any atom is -0.493 e. The van der Waals surface area contributed by atoms with Crippen LogP contribution in [0.2, 0.25) is 0 Å². The Kier molecular flexibility index (Phi) is 19.5. The first-order valence-electron chi connectivity index (χ1n) is 30.6. The number of sulfonamides is 1. The monoisotopic (exact) mass is 1260 g/mol. The van der Waals surface area contributed by atoms with Gasteiger partial charge in [0.2, 0.25) is 17.7 Å². The van der Waals surface area contributed by atoms with Gasteiger partial charge in [-0.3, -0.25) is 32.9 Å². The second-order valence-corrected chi connectivity index (χ2v) is 27.6. The molecule has 3 N–H and O–H groups in total. The quantitative estimate of drug-likeness (QED) is 0.0452. The van der Waals surface area contributed by atoms with E-state index in [4.69, 9.17) is 24.0 Å². The first-order chi connectivity index (χ1) is 42.9. The van der Waals surface area contributed by atoms with Crippen LogP contribution in [0.4, 0.5) is 5.69 Å². The molecular formula is C67H81N11O10S2. The molecule has 90 heavy (non-hydrogen) atoms. The van der Waals surface area contributed by atoms with Crippen LogP contribution in [0.25, 0.3) is 32.6 Å². The van der Waals surface area contributed by atoms with Crippen LogP contribution in [0.15, 0.2) is 125 Å². The maximum Gasteiger partial charge on any atom is 0.328 e. The fourth-order valence-electron chi connectivity index (χ4n) is 11.5. The van der Waals surface area contributed by atoms with Crippen LogP contribution in [0, 0.1) is 18.3 Å². The Balaban J connectivity index is 0.765. The van der Waals surface area contributed by atoms with Crippen molar-refractivity contribution in [3.63, 3.8) is 0 Å². The normalized spacial score (nSPS) is 17.4. The average Bonchev–Trinajstić information content (AvgIpc) is 1.59. The Hall–Kier alpha value is -8.54. The van der Waals surface area contributed by atoms with E-state index in [0.717, 1.165) is 58.6 Å². The van der Waals surface area contributed by atoms with Gasteiger partial charge in [-0.15, -0.1) is 11.3 Å². The number of carbonyl (C=O) groups excluding carboxylic acids is 3. The smallest absolute Gasteiger partial charge is 0.328 e. The van der Waals surface area contributed by atoms with Crippen molar-refractivity contribution in [3.05, 3.63) is 142 Å². The van der Waals surface area contributed by atoms with Gasteiger partial charge < -0.3 is 39.4 Å². The number of pyridine rings is 1. The lowest BCUT2D eigenvalue weighted by molar-refractivity contribution is -0.144. The summed E-state index contributed by atoms with van der Waals surface area (Å²) in [5.74, 6) is 1.13. The second-order valence-electron chi connectivity index (χ2n) is 25.0. The van der Waals surface area contributed by atoms with Gasteiger partial charge in [-0.1, -0.05) is 65.0 Å². The number of carbonyl (C=O) groups is 3. The standard InChI is InChI=1S/C67H81N11O10S2/c1-12-25-85-50-32-51(86-26-14-13-24-74(8)9)34-53(33-50)87-59-36-57-56(75(10)66(82)76(57)11)35-55(59)73-90(83,84)54-17-15-16-47(28-54)63(79)72-49-30-52(31-49)88-60-29-46(22-23-68-60)48-37-70-78(39-48)62(67(5,6)7)65(81)77-38-41(2)27-58(77)64(80)71-42(3)44-18-20-45(21-19-44)61-43(4)69-40-89-61/h15-23,28-29,32-37,39-42,49,52,58,62,73H,12-14,24-27,30-31,38H2,1-11H3,(H,71,80)(H,72,79)/t41-,42+,49?,52?,58+,62-/m1/s1. The van der Waals surface area contributed by atoms with Crippen molar-refractivity contribution < 1.29 is 41.7 Å². The molecule has 476 valence electrons. The van der Waals surface area contributed by atoms with E-state index in [1.165, 1.54) is 27.3 Å². The summed E-state index contributed by atoms with van der Waals surface area (Å²) in [5, 5.41) is 11.0. The third kappa shape index (κ3) is 14.9. The van der Waals surface area contributed by atoms with Gasteiger partial charge in [0.1, 0.15) is 35.4 Å². The minimum atomic E-state index is -4.37. The highest BCUT2D eigenvalue weighted by Crippen LogP contribution is 2.40. The molecule has 0 spiro atoms. The molecule has 8 aromatic rings. The van der Waals surface area contributed by atoms with E-state index < -0.39 is 33.4 Å². The lowest BCUT2D eigenvalue weighted by Crippen LogP contribution is -2.50. The summed E-state index contributed by atoms with van der Waals surface area (Å²) in [6.07, 6.45) is 8.98. The van der Waals surface area contributed by atoms with Crippen molar-refractivity contribution in [2.75, 3.05) is 45.1 Å². The number of fused-ring (bicyclic) bond motifs is 1. The highest BCUT2D eigenvalue weighted by molar-refractivity contribution is 7.92. The van der Waals surface area contributed by atoms with Crippen LogP contribution >= 0.6 is 11.3 Å². The summed E-state index contributed by atoms with van der Waals surface area (Å²) in [5.41, 5.74) is 6.64. The molecule has 1 aliphatic heterocycles. The molecule has 4 aromatic carbocycles. The van der Waals surface area contributed by atoms with Gasteiger partial charge >= 0.3 is 5.69 Å². The lowest BCUT2D eigenvalue weighted by atomic mass is 9.85. The molecule has 2 aliphatic rings. The number of anilines is 1. The van der Waals surface area contributed by atoms with Gasteiger partial charge in [0.15, 0.2) is 5.75 Å². The number of thiazole rings is 1. The Morgan fingerprint density at radius 1 is 0.844 bits per heavy atom. The predicted octanol–water partition coefficient (Wildman–Crippen LogP) is 10.7. The number of aryl methyl sites for hydroxylation is 3. The summed E-state index contributed by atoms with van der Waals surface area (Å²) in [6.45, 7) is 16.3. The SMILES string of the molecule is CCCOc1cc(OCCCCN(C)C)cc(Oc2cc3c(cc2NS(=O)(=O)c2cccc(C(=O)NC4CC(Oc5cc(-c6cnn([C@H](C(=O)N7C[C@H](C)C[C@H]7C(=O)N[C@@H](C)c7ccc(-c8scnc8C)cc7)C(C)(C)C)c6)ccn5)C4)c2)n(C)c(=O)n3C)c1. The van der Waals surface area contributed by atoms with Crippen LogP contribution in [0.3, 0.4) is 0 Å². The third-order valence-electron chi connectivity index (χ3n) is 16.4. The number of imidazole rings is 1. The number of likely N-dealkylation sites (tertiary alicyclic amines) is 1.